The monoisotopic (exact) mass is 296 g/mol. The summed E-state index contributed by atoms with van der Waals surface area (Å²) in [7, 11) is 0. The first kappa shape index (κ1) is 14.2. The lowest BCUT2D eigenvalue weighted by Gasteiger charge is -2.18. The Hall–Kier alpha value is -1.71. The van der Waals surface area contributed by atoms with Crippen LogP contribution in [0.1, 0.15) is 34.7 Å². The standard InChI is InChI=1S/C18H20N2S/c1-3-10-20-18(17-9-6-13(2)21-17)15-8-7-14-5-4-11-19-16(14)12-15/h4-9,11-12,18,20H,3,10H2,1-2H3. The highest BCUT2D eigenvalue weighted by atomic mass is 32.1. The van der Waals surface area contributed by atoms with E-state index in [-0.39, 0.29) is 6.04 Å². The molecule has 0 aliphatic heterocycles. The number of nitrogens with zero attached hydrogens (tertiary/aromatic N) is 1. The van der Waals surface area contributed by atoms with Crippen molar-refractivity contribution in [3.8, 4) is 0 Å². The van der Waals surface area contributed by atoms with Crippen LogP contribution in [0.4, 0.5) is 0 Å². The number of thiophene rings is 1. The lowest BCUT2D eigenvalue weighted by atomic mass is 10.0. The number of pyridine rings is 1. The molecule has 1 unspecified atom stereocenters. The molecule has 0 radical (unpaired) electrons. The van der Waals surface area contributed by atoms with Crippen LogP contribution in [0.3, 0.4) is 0 Å². The van der Waals surface area contributed by atoms with Crippen LogP contribution in [-0.2, 0) is 0 Å². The largest absolute Gasteiger partial charge is 0.306 e. The summed E-state index contributed by atoms with van der Waals surface area (Å²) in [4.78, 5) is 7.20. The van der Waals surface area contributed by atoms with E-state index in [1.807, 2.05) is 23.6 Å². The van der Waals surface area contributed by atoms with Gasteiger partial charge in [0.25, 0.3) is 0 Å². The zero-order chi connectivity index (χ0) is 14.7. The maximum absolute atomic E-state index is 4.48. The van der Waals surface area contributed by atoms with Gasteiger partial charge in [0.2, 0.25) is 0 Å². The molecule has 0 saturated heterocycles. The normalized spacial score (nSPS) is 12.7. The van der Waals surface area contributed by atoms with E-state index in [1.54, 1.807) is 0 Å². The van der Waals surface area contributed by atoms with Crippen LogP contribution in [0, 0.1) is 6.92 Å². The van der Waals surface area contributed by atoms with Crippen LogP contribution in [0.15, 0.2) is 48.7 Å². The molecule has 2 heterocycles. The van der Waals surface area contributed by atoms with Crippen LogP contribution < -0.4 is 5.32 Å². The zero-order valence-corrected chi connectivity index (χ0v) is 13.3. The fourth-order valence-corrected chi connectivity index (χ4v) is 3.52. The Labute approximate surface area is 129 Å². The summed E-state index contributed by atoms with van der Waals surface area (Å²) in [6.07, 6.45) is 2.99. The van der Waals surface area contributed by atoms with E-state index in [2.05, 4.69) is 60.5 Å². The first-order valence-corrected chi connectivity index (χ1v) is 8.24. The SMILES string of the molecule is CCCNC(c1ccc2cccnc2c1)c1ccc(C)s1. The second kappa shape index (κ2) is 6.37. The van der Waals surface area contributed by atoms with Crippen molar-refractivity contribution >= 4 is 22.2 Å². The number of rotatable bonds is 5. The van der Waals surface area contributed by atoms with Gasteiger partial charge in [-0.05, 0) is 49.7 Å². The molecule has 3 aromatic rings. The molecule has 1 N–H and O–H groups in total. The highest BCUT2D eigenvalue weighted by molar-refractivity contribution is 7.12. The molecule has 0 aliphatic rings. The van der Waals surface area contributed by atoms with Crippen LogP contribution in [-0.4, -0.2) is 11.5 Å². The minimum Gasteiger partial charge on any atom is -0.306 e. The van der Waals surface area contributed by atoms with Crippen LogP contribution in [0.2, 0.25) is 0 Å². The molecule has 3 heteroatoms. The first-order chi connectivity index (χ1) is 10.3. The Morgan fingerprint density at radius 2 is 2.10 bits per heavy atom. The lowest BCUT2D eigenvalue weighted by Crippen LogP contribution is -2.22. The molecular weight excluding hydrogens is 276 g/mol. The Morgan fingerprint density at radius 3 is 2.86 bits per heavy atom. The van der Waals surface area contributed by atoms with E-state index in [1.165, 1.54) is 20.7 Å². The number of benzene rings is 1. The van der Waals surface area contributed by atoms with Crippen LogP contribution in [0.5, 0.6) is 0 Å². The molecule has 0 bridgehead atoms. The van der Waals surface area contributed by atoms with Gasteiger partial charge >= 0.3 is 0 Å². The molecule has 1 aromatic carbocycles. The number of aromatic nitrogens is 1. The molecular formula is C18H20N2S. The molecule has 1 atom stereocenters. The van der Waals surface area contributed by atoms with Gasteiger partial charge in [-0.2, -0.15) is 0 Å². The molecule has 0 aliphatic carbocycles. The van der Waals surface area contributed by atoms with Crippen molar-refractivity contribution in [2.45, 2.75) is 26.3 Å². The molecule has 2 nitrogen and oxygen atoms in total. The van der Waals surface area contributed by atoms with E-state index in [4.69, 9.17) is 0 Å². The molecule has 0 amide bonds. The third kappa shape index (κ3) is 3.14. The number of nitrogens with one attached hydrogen (secondary N) is 1. The highest BCUT2D eigenvalue weighted by Gasteiger charge is 2.15. The summed E-state index contributed by atoms with van der Waals surface area (Å²) in [5.74, 6) is 0. The highest BCUT2D eigenvalue weighted by Crippen LogP contribution is 2.29. The van der Waals surface area contributed by atoms with Crippen molar-refractivity contribution in [2.75, 3.05) is 6.54 Å². The van der Waals surface area contributed by atoms with Gasteiger partial charge in [-0.15, -0.1) is 11.3 Å². The van der Waals surface area contributed by atoms with E-state index in [9.17, 15) is 0 Å². The summed E-state index contributed by atoms with van der Waals surface area (Å²) in [5.41, 5.74) is 2.35. The summed E-state index contributed by atoms with van der Waals surface area (Å²) in [5, 5.41) is 4.86. The summed E-state index contributed by atoms with van der Waals surface area (Å²) >= 11 is 1.86. The number of fused-ring (bicyclic) bond motifs is 1. The van der Waals surface area contributed by atoms with Crippen LogP contribution >= 0.6 is 11.3 Å². The molecule has 0 spiro atoms. The van der Waals surface area contributed by atoms with Crippen molar-refractivity contribution in [2.24, 2.45) is 0 Å². The fourth-order valence-electron chi connectivity index (χ4n) is 2.54. The van der Waals surface area contributed by atoms with E-state index < -0.39 is 0 Å². The molecule has 108 valence electrons. The fraction of sp³-hybridized carbons (Fsp3) is 0.278. The first-order valence-electron chi connectivity index (χ1n) is 7.42. The second-order valence-electron chi connectivity index (χ2n) is 5.29. The third-order valence-electron chi connectivity index (χ3n) is 3.61. The molecule has 2 aromatic heterocycles. The van der Waals surface area contributed by atoms with Crippen molar-refractivity contribution in [1.82, 2.24) is 10.3 Å². The molecule has 21 heavy (non-hydrogen) atoms. The van der Waals surface area contributed by atoms with Gasteiger partial charge < -0.3 is 5.32 Å². The van der Waals surface area contributed by atoms with E-state index in [0.29, 0.717) is 0 Å². The van der Waals surface area contributed by atoms with Gasteiger partial charge in [-0.25, -0.2) is 0 Å². The molecule has 0 saturated carbocycles. The predicted molar refractivity (Wildman–Crippen MR) is 90.9 cm³/mol. The smallest absolute Gasteiger partial charge is 0.0705 e. The quantitative estimate of drug-likeness (QED) is 0.738. The van der Waals surface area contributed by atoms with Crippen molar-refractivity contribution in [1.29, 1.82) is 0 Å². The van der Waals surface area contributed by atoms with E-state index >= 15 is 0 Å². The number of aryl methyl sites for hydroxylation is 1. The van der Waals surface area contributed by atoms with Gasteiger partial charge in [0.15, 0.2) is 0 Å². The average molecular weight is 296 g/mol. The molecule has 0 fully saturated rings. The minimum absolute atomic E-state index is 0.259. The van der Waals surface area contributed by atoms with E-state index in [0.717, 1.165) is 18.5 Å². The Bertz CT molecular complexity index is 733. The summed E-state index contributed by atoms with van der Waals surface area (Å²) in [6, 6.07) is 15.4. The Kier molecular flexibility index (Phi) is 4.32. The van der Waals surface area contributed by atoms with Gasteiger partial charge in [0, 0.05) is 21.3 Å². The second-order valence-corrected chi connectivity index (χ2v) is 6.61. The van der Waals surface area contributed by atoms with Crippen molar-refractivity contribution in [3.05, 3.63) is 64.0 Å². The van der Waals surface area contributed by atoms with Gasteiger partial charge in [-0.1, -0.05) is 25.1 Å². The van der Waals surface area contributed by atoms with Crippen molar-refractivity contribution < 1.29 is 0 Å². The topological polar surface area (TPSA) is 24.9 Å². The maximum atomic E-state index is 4.48. The third-order valence-corrected chi connectivity index (χ3v) is 4.67. The van der Waals surface area contributed by atoms with Gasteiger partial charge in [0.1, 0.15) is 0 Å². The summed E-state index contributed by atoms with van der Waals surface area (Å²) in [6.45, 7) is 5.38. The van der Waals surface area contributed by atoms with Gasteiger partial charge in [0.05, 0.1) is 11.6 Å². The Balaban J connectivity index is 2.00. The predicted octanol–water partition coefficient (Wildman–Crippen LogP) is 4.69. The van der Waals surface area contributed by atoms with Crippen LogP contribution in [0.25, 0.3) is 10.9 Å². The number of hydrogen-bond acceptors (Lipinski definition) is 3. The molecule has 3 rings (SSSR count). The minimum atomic E-state index is 0.259. The lowest BCUT2D eigenvalue weighted by molar-refractivity contribution is 0.606. The van der Waals surface area contributed by atoms with Crippen molar-refractivity contribution in [3.63, 3.8) is 0 Å². The summed E-state index contributed by atoms with van der Waals surface area (Å²) < 4.78 is 0. The zero-order valence-electron chi connectivity index (χ0n) is 12.5. The number of hydrogen-bond donors (Lipinski definition) is 1. The maximum Gasteiger partial charge on any atom is 0.0705 e. The average Bonchev–Trinajstić information content (AvgIpc) is 2.94. The van der Waals surface area contributed by atoms with Gasteiger partial charge in [-0.3, -0.25) is 4.98 Å². The Morgan fingerprint density at radius 1 is 1.19 bits per heavy atom.